The first-order chi connectivity index (χ1) is 11.0. The topological polar surface area (TPSA) is 34.1 Å². The average molecular weight is 318 g/mol. The number of nitrogens with one attached hydrogen (secondary N) is 1. The molecule has 0 saturated heterocycles. The zero-order chi connectivity index (χ0) is 16.4. The lowest BCUT2D eigenvalue weighted by molar-refractivity contribution is -0.137. The standard InChI is InChI=1S/C17H13F3N2O/c1-23-13-6-7-14-15(8-9-21-16(14)10-13)22-12-4-2-11(3-5-12)17(18,19)20/h2-10H,1H3,(H,21,22). The molecule has 0 amide bonds. The number of methoxy groups -OCH3 is 1. The smallest absolute Gasteiger partial charge is 0.416 e. The van der Waals surface area contributed by atoms with Gasteiger partial charge in [0.15, 0.2) is 0 Å². The predicted molar refractivity (Wildman–Crippen MR) is 83.0 cm³/mol. The number of pyridine rings is 1. The van der Waals surface area contributed by atoms with Crippen LogP contribution in [0.2, 0.25) is 0 Å². The van der Waals surface area contributed by atoms with E-state index in [1.807, 2.05) is 12.1 Å². The van der Waals surface area contributed by atoms with Crippen molar-refractivity contribution in [3.8, 4) is 5.75 Å². The maximum Gasteiger partial charge on any atom is 0.416 e. The summed E-state index contributed by atoms with van der Waals surface area (Å²) in [4.78, 5) is 4.27. The molecule has 0 fully saturated rings. The summed E-state index contributed by atoms with van der Waals surface area (Å²) in [5, 5.41) is 3.97. The van der Waals surface area contributed by atoms with Gasteiger partial charge < -0.3 is 10.1 Å². The fourth-order valence-corrected chi connectivity index (χ4v) is 2.26. The Balaban J connectivity index is 1.92. The second-order valence-electron chi connectivity index (χ2n) is 4.94. The Morgan fingerprint density at radius 1 is 1.00 bits per heavy atom. The van der Waals surface area contributed by atoms with Crippen molar-refractivity contribution < 1.29 is 17.9 Å². The summed E-state index contributed by atoms with van der Waals surface area (Å²) in [7, 11) is 1.57. The maximum atomic E-state index is 12.6. The fraction of sp³-hybridized carbons (Fsp3) is 0.118. The van der Waals surface area contributed by atoms with E-state index in [0.29, 0.717) is 11.4 Å². The number of halogens is 3. The van der Waals surface area contributed by atoms with Crippen molar-refractivity contribution in [2.75, 3.05) is 12.4 Å². The van der Waals surface area contributed by atoms with Gasteiger partial charge in [-0.25, -0.2) is 0 Å². The van der Waals surface area contributed by atoms with Crippen LogP contribution in [0.25, 0.3) is 10.9 Å². The van der Waals surface area contributed by atoms with Crippen LogP contribution in [0, 0.1) is 0 Å². The highest BCUT2D eigenvalue weighted by atomic mass is 19.4. The van der Waals surface area contributed by atoms with Gasteiger partial charge in [0.25, 0.3) is 0 Å². The lowest BCUT2D eigenvalue weighted by Crippen LogP contribution is -2.04. The Labute approximate surface area is 130 Å². The molecule has 0 atom stereocenters. The molecule has 0 spiro atoms. The van der Waals surface area contributed by atoms with Crippen LogP contribution >= 0.6 is 0 Å². The number of nitrogens with zero attached hydrogens (tertiary/aromatic N) is 1. The third-order valence-electron chi connectivity index (χ3n) is 3.44. The third-order valence-corrected chi connectivity index (χ3v) is 3.44. The molecule has 0 bridgehead atoms. The first kappa shape index (κ1) is 15.1. The average Bonchev–Trinajstić information content (AvgIpc) is 2.54. The third kappa shape index (κ3) is 3.21. The Kier molecular flexibility index (Phi) is 3.82. The number of ether oxygens (including phenoxy) is 1. The second-order valence-corrected chi connectivity index (χ2v) is 4.94. The monoisotopic (exact) mass is 318 g/mol. The molecule has 23 heavy (non-hydrogen) atoms. The van der Waals surface area contributed by atoms with E-state index in [2.05, 4.69) is 10.3 Å². The molecule has 0 saturated carbocycles. The number of benzene rings is 2. The van der Waals surface area contributed by atoms with Gasteiger partial charge in [0.2, 0.25) is 0 Å². The number of alkyl halides is 3. The quantitative estimate of drug-likeness (QED) is 0.737. The van der Waals surface area contributed by atoms with Crippen LogP contribution in [-0.2, 0) is 6.18 Å². The van der Waals surface area contributed by atoms with E-state index < -0.39 is 11.7 Å². The maximum absolute atomic E-state index is 12.6. The summed E-state index contributed by atoms with van der Waals surface area (Å²) in [6.07, 6.45) is -2.70. The van der Waals surface area contributed by atoms with Crippen LogP contribution in [0.4, 0.5) is 24.5 Å². The van der Waals surface area contributed by atoms with E-state index >= 15 is 0 Å². The van der Waals surface area contributed by atoms with Gasteiger partial charge >= 0.3 is 6.18 Å². The first-order valence-electron chi connectivity index (χ1n) is 6.84. The summed E-state index contributed by atoms with van der Waals surface area (Å²) >= 11 is 0. The van der Waals surface area contributed by atoms with Gasteiger partial charge in [0.1, 0.15) is 5.75 Å². The minimum atomic E-state index is -4.33. The van der Waals surface area contributed by atoms with E-state index in [9.17, 15) is 13.2 Å². The van der Waals surface area contributed by atoms with Crippen LogP contribution in [0.3, 0.4) is 0 Å². The predicted octanol–water partition coefficient (Wildman–Crippen LogP) is 5.01. The van der Waals surface area contributed by atoms with Crippen molar-refractivity contribution in [2.24, 2.45) is 0 Å². The summed E-state index contributed by atoms with van der Waals surface area (Å²) in [6, 6.07) is 12.1. The van der Waals surface area contributed by atoms with Crippen LogP contribution in [0.5, 0.6) is 5.75 Å². The van der Waals surface area contributed by atoms with E-state index in [4.69, 9.17) is 4.74 Å². The SMILES string of the molecule is COc1ccc2c(Nc3ccc(C(F)(F)F)cc3)ccnc2c1. The van der Waals surface area contributed by atoms with Gasteiger partial charge in [0, 0.05) is 29.0 Å². The molecule has 0 aliphatic rings. The Bertz CT molecular complexity index is 829. The van der Waals surface area contributed by atoms with Crippen molar-refractivity contribution in [3.05, 3.63) is 60.3 Å². The zero-order valence-electron chi connectivity index (χ0n) is 12.2. The Hall–Kier alpha value is -2.76. The number of fused-ring (bicyclic) bond motifs is 1. The molecule has 3 nitrogen and oxygen atoms in total. The molecule has 0 aliphatic carbocycles. The minimum Gasteiger partial charge on any atom is -0.497 e. The molecular formula is C17H13F3N2O. The summed E-state index contributed by atoms with van der Waals surface area (Å²) in [5.74, 6) is 0.691. The molecule has 3 aromatic rings. The molecule has 0 radical (unpaired) electrons. The molecule has 0 aliphatic heterocycles. The molecule has 118 valence electrons. The molecule has 2 aromatic carbocycles. The second kappa shape index (κ2) is 5.79. The molecule has 0 unspecified atom stereocenters. The summed E-state index contributed by atoms with van der Waals surface area (Å²) in [5.41, 5.74) is 1.40. The normalized spacial score (nSPS) is 11.5. The largest absolute Gasteiger partial charge is 0.497 e. The number of hydrogen-bond donors (Lipinski definition) is 1. The number of anilines is 2. The molecule has 1 heterocycles. The highest BCUT2D eigenvalue weighted by molar-refractivity contribution is 5.93. The van der Waals surface area contributed by atoms with E-state index in [-0.39, 0.29) is 0 Å². The molecular weight excluding hydrogens is 305 g/mol. The highest BCUT2D eigenvalue weighted by Gasteiger charge is 2.29. The molecule has 1 aromatic heterocycles. The Morgan fingerprint density at radius 3 is 2.39 bits per heavy atom. The van der Waals surface area contributed by atoms with Crippen molar-refractivity contribution >= 4 is 22.3 Å². The summed E-state index contributed by atoms with van der Waals surface area (Å²) < 4.78 is 42.9. The van der Waals surface area contributed by atoms with Gasteiger partial charge in [-0.1, -0.05) is 0 Å². The number of rotatable bonds is 3. The molecule has 6 heteroatoms. The lowest BCUT2D eigenvalue weighted by atomic mass is 10.1. The van der Waals surface area contributed by atoms with Crippen LogP contribution in [0.1, 0.15) is 5.56 Å². The van der Waals surface area contributed by atoms with Crippen LogP contribution in [-0.4, -0.2) is 12.1 Å². The van der Waals surface area contributed by atoms with Gasteiger partial charge in [-0.3, -0.25) is 4.98 Å². The minimum absolute atomic E-state index is 0.571. The van der Waals surface area contributed by atoms with E-state index in [1.165, 1.54) is 12.1 Å². The molecule has 1 N–H and O–H groups in total. The van der Waals surface area contributed by atoms with Crippen LogP contribution in [0.15, 0.2) is 54.7 Å². The highest BCUT2D eigenvalue weighted by Crippen LogP contribution is 2.31. The summed E-state index contributed by atoms with van der Waals surface area (Å²) in [6.45, 7) is 0. The van der Waals surface area contributed by atoms with Gasteiger partial charge in [-0.05, 0) is 42.5 Å². The fourth-order valence-electron chi connectivity index (χ4n) is 2.26. The lowest BCUT2D eigenvalue weighted by Gasteiger charge is -2.11. The van der Waals surface area contributed by atoms with Gasteiger partial charge in [0.05, 0.1) is 18.2 Å². The molecule has 3 rings (SSSR count). The van der Waals surface area contributed by atoms with Crippen molar-refractivity contribution in [3.63, 3.8) is 0 Å². The van der Waals surface area contributed by atoms with Gasteiger partial charge in [-0.15, -0.1) is 0 Å². The van der Waals surface area contributed by atoms with Crippen molar-refractivity contribution in [1.29, 1.82) is 0 Å². The Morgan fingerprint density at radius 2 is 1.74 bits per heavy atom. The van der Waals surface area contributed by atoms with E-state index in [1.54, 1.807) is 25.4 Å². The van der Waals surface area contributed by atoms with Crippen molar-refractivity contribution in [2.45, 2.75) is 6.18 Å². The van der Waals surface area contributed by atoms with Crippen molar-refractivity contribution in [1.82, 2.24) is 4.98 Å². The van der Waals surface area contributed by atoms with Gasteiger partial charge in [-0.2, -0.15) is 13.2 Å². The first-order valence-corrected chi connectivity index (χ1v) is 6.84. The number of aromatic nitrogens is 1. The zero-order valence-corrected chi connectivity index (χ0v) is 12.2. The number of hydrogen-bond acceptors (Lipinski definition) is 3. The van der Waals surface area contributed by atoms with Crippen LogP contribution < -0.4 is 10.1 Å². The van der Waals surface area contributed by atoms with E-state index in [0.717, 1.165) is 28.7 Å².